The maximum absolute atomic E-state index is 12.5. The molecule has 1 N–H and O–H groups in total. The Balaban J connectivity index is 1.96. The normalized spacial score (nSPS) is 11.2. The number of amides is 1. The second-order valence-electron chi connectivity index (χ2n) is 6.20. The van der Waals surface area contributed by atoms with E-state index in [1.165, 1.54) is 28.6 Å². The number of hydrogen-bond donors (Lipinski definition) is 1. The van der Waals surface area contributed by atoms with Gasteiger partial charge in [0.25, 0.3) is 5.91 Å². The topological polar surface area (TPSA) is 92.8 Å². The van der Waals surface area contributed by atoms with E-state index in [-0.39, 0.29) is 11.5 Å². The van der Waals surface area contributed by atoms with Crippen LogP contribution in [0, 0.1) is 0 Å². The van der Waals surface area contributed by atoms with E-state index in [4.69, 9.17) is 4.74 Å². The summed E-state index contributed by atoms with van der Waals surface area (Å²) in [7, 11) is -2.00. The van der Waals surface area contributed by atoms with Gasteiger partial charge in [0.2, 0.25) is 10.0 Å². The van der Waals surface area contributed by atoms with Crippen LogP contribution in [0.3, 0.4) is 0 Å². The summed E-state index contributed by atoms with van der Waals surface area (Å²) in [5, 5.41) is 2.63. The van der Waals surface area contributed by atoms with Crippen molar-refractivity contribution in [2.75, 3.05) is 25.5 Å². The van der Waals surface area contributed by atoms with Crippen molar-refractivity contribution in [3.63, 3.8) is 0 Å². The van der Waals surface area contributed by atoms with Crippen molar-refractivity contribution >= 4 is 27.9 Å². The van der Waals surface area contributed by atoms with Gasteiger partial charge in [-0.05, 0) is 42.8 Å². The van der Waals surface area contributed by atoms with Gasteiger partial charge in [-0.25, -0.2) is 12.7 Å². The SMILES string of the molecule is CCCCN(C)S(=O)(=O)c1ccc(NC(=O)COc2ccccc2C=O)cc1. The Morgan fingerprint density at radius 3 is 2.46 bits per heavy atom. The van der Waals surface area contributed by atoms with Crippen LogP contribution >= 0.6 is 0 Å². The Morgan fingerprint density at radius 1 is 1.14 bits per heavy atom. The largest absolute Gasteiger partial charge is 0.483 e. The Hall–Kier alpha value is -2.71. The molecule has 1 amide bonds. The van der Waals surface area contributed by atoms with Crippen LogP contribution in [0.4, 0.5) is 5.69 Å². The number of nitrogens with one attached hydrogen (secondary N) is 1. The first-order valence-electron chi connectivity index (χ1n) is 8.91. The number of carbonyl (C=O) groups is 2. The molecule has 0 aromatic heterocycles. The van der Waals surface area contributed by atoms with Crippen molar-refractivity contribution in [2.45, 2.75) is 24.7 Å². The highest BCUT2D eigenvalue weighted by molar-refractivity contribution is 7.89. The Morgan fingerprint density at radius 2 is 1.82 bits per heavy atom. The van der Waals surface area contributed by atoms with Gasteiger partial charge in [-0.15, -0.1) is 0 Å². The van der Waals surface area contributed by atoms with Gasteiger partial charge in [0.15, 0.2) is 12.9 Å². The van der Waals surface area contributed by atoms with Crippen LogP contribution < -0.4 is 10.1 Å². The minimum Gasteiger partial charge on any atom is -0.483 e. The van der Waals surface area contributed by atoms with Crippen molar-refractivity contribution in [3.05, 3.63) is 54.1 Å². The maximum Gasteiger partial charge on any atom is 0.262 e. The molecule has 28 heavy (non-hydrogen) atoms. The molecule has 0 aliphatic heterocycles. The van der Waals surface area contributed by atoms with Crippen molar-refractivity contribution in [1.29, 1.82) is 0 Å². The average Bonchev–Trinajstić information content (AvgIpc) is 2.71. The van der Waals surface area contributed by atoms with E-state index in [0.29, 0.717) is 29.8 Å². The summed E-state index contributed by atoms with van der Waals surface area (Å²) >= 11 is 0. The summed E-state index contributed by atoms with van der Waals surface area (Å²) in [5.74, 6) is -0.0967. The highest BCUT2D eigenvalue weighted by atomic mass is 32.2. The zero-order valence-electron chi connectivity index (χ0n) is 15.9. The van der Waals surface area contributed by atoms with Gasteiger partial charge in [0.05, 0.1) is 10.5 Å². The van der Waals surface area contributed by atoms with Crippen molar-refractivity contribution in [1.82, 2.24) is 4.31 Å². The summed E-state index contributed by atoms with van der Waals surface area (Å²) in [6, 6.07) is 12.6. The van der Waals surface area contributed by atoms with Crippen LogP contribution in [-0.2, 0) is 14.8 Å². The zero-order valence-corrected chi connectivity index (χ0v) is 16.7. The number of nitrogens with zero attached hydrogens (tertiary/aromatic N) is 1. The zero-order chi connectivity index (χ0) is 20.6. The van der Waals surface area contributed by atoms with E-state index >= 15 is 0 Å². The first-order chi connectivity index (χ1) is 13.4. The molecule has 0 saturated heterocycles. The van der Waals surface area contributed by atoms with Gasteiger partial charge in [-0.3, -0.25) is 9.59 Å². The minimum absolute atomic E-state index is 0.167. The molecule has 0 saturated carbocycles. The Bertz CT molecular complexity index is 910. The van der Waals surface area contributed by atoms with Crippen LogP contribution in [0.5, 0.6) is 5.75 Å². The molecule has 2 rings (SSSR count). The lowest BCUT2D eigenvalue weighted by Crippen LogP contribution is -2.28. The standard InChI is InChI=1S/C20H24N2O5S/c1-3-4-13-22(2)28(25,26)18-11-9-17(10-12-18)21-20(24)15-27-19-8-6-5-7-16(19)14-23/h5-12,14H,3-4,13,15H2,1-2H3,(H,21,24). The van der Waals surface area contributed by atoms with Crippen molar-refractivity contribution in [2.24, 2.45) is 0 Å². The van der Waals surface area contributed by atoms with Gasteiger partial charge >= 0.3 is 0 Å². The fourth-order valence-corrected chi connectivity index (χ4v) is 3.65. The van der Waals surface area contributed by atoms with Crippen molar-refractivity contribution in [3.8, 4) is 5.75 Å². The predicted molar refractivity (Wildman–Crippen MR) is 107 cm³/mol. The number of ether oxygens (including phenoxy) is 1. The molecule has 150 valence electrons. The van der Waals surface area contributed by atoms with Gasteiger partial charge in [0.1, 0.15) is 5.75 Å². The van der Waals surface area contributed by atoms with E-state index in [2.05, 4.69) is 5.32 Å². The van der Waals surface area contributed by atoms with E-state index in [1.54, 1.807) is 31.3 Å². The number of para-hydroxylation sites is 1. The van der Waals surface area contributed by atoms with E-state index in [0.717, 1.165) is 12.8 Å². The number of unbranched alkanes of at least 4 members (excludes halogenated alkanes) is 1. The summed E-state index contributed by atoms with van der Waals surface area (Å²) in [6.07, 6.45) is 2.35. The Kier molecular flexibility index (Phi) is 7.71. The third kappa shape index (κ3) is 5.64. The van der Waals surface area contributed by atoms with Crippen LogP contribution in [-0.4, -0.2) is 45.1 Å². The van der Waals surface area contributed by atoms with Gasteiger partial charge in [-0.2, -0.15) is 0 Å². The first kappa shape index (κ1) is 21.6. The molecule has 2 aromatic rings. The number of aldehydes is 1. The average molecular weight is 404 g/mol. The van der Waals surface area contributed by atoms with E-state index in [9.17, 15) is 18.0 Å². The smallest absolute Gasteiger partial charge is 0.262 e. The molecule has 7 nitrogen and oxygen atoms in total. The number of anilines is 1. The highest BCUT2D eigenvalue weighted by Crippen LogP contribution is 2.19. The summed E-state index contributed by atoms with van der Waals surface area (Å²) < 4.78 is 31.6. The number of hydrogen-bond acceptors (Lipinski definition) is 5. The lowest BCUT2D eigenvalue weighted by atomic mass is 10.2. The van der Waals surface area contributed by atoms with E-state index in [1.807, 2.05) is 6.92 Å². The molecule has 0 atom stereocenters. The first-order valence-corrected chi connectivity index (χ1v) is 10.4. The highest BCUT2D eigenvalue weighted by Gasteiger charge is 2.20. The molecular weight excluding hydrogens is 380 g/mol. The third-order valence-electron chi connectivity index (χ3n) is 4.08. The molecule has 0 aliphatic rings. The lowest BCUT2D eigenvalue weighted by Gasteiger charge is -2.17. The molecule has 8 heteroatoms. The molecule has 0 bridgehead atoms. The monoisotopic (exact) mass is 404 g/mol. The van der Waals surface area contributed by atoms with Crippen molar-refractivity contribution < 1.29 is 22.7 Å². The molecule has 0 spiro atoms. The lowest BCUT2D eigenvalue weighted by molar-refractivity contribution is -0.118. The predicted octanol–water partition coefficient (Wildman–Crippen LogP) is 2.94. The quantitative estimate of drug-likeness (QED) is 0.615. The molecule has 0 radical (unpaired) electrons. The summed E-state index contributed by atoms with van der Waals surface area (Å²) in [6.45, 7) is 2.18. The molecule has 0 heterocycles. The molecule has 0 unspecified atom stereocenters. The number of carbonyl (C=O) groups excluding carboxylic acids is 2. The molecular formula is C20H24N2O5S. The summed E-state index contributed by atoms with van der Waals surface area (Å²) in [5.41, 5.74) is 0.810. The second kappa shape index (κ2) is 10.0. The van der Waals surface area contributed by atoms with Crippen LogP contribution in [0.2, 0.25) is 0 Å². The molecule has 0 fully saturated rings. The van der Waals surface area contributed by atoms with Gasteiger partial charge in [-0.1, -0.05) is 25.5 Å². The van der Waals surface area contributed by atoms with Crippen LogP contribution in [0.25, 0.3) is 0 Å². The fraction of sp³-hybridized carbons (Fsp3) is 0.300. The molecule has 0 aliphatic carbocycles. The molecule has 2 aromatic carbocycles. The van der Waals surface area contributed by atoms with Gasteiger partial charge < -0.3 is 10.1 Å². The van der Waals surface area contributed by atoms with E-state index < -0.39 is 15.9 Å². The van der Waals surface area contributed by atoms with Crippen LogP contribution in [0.15, 0.2) is 53.4 Å². The number of benzene rings is 2. The number of sulfonamides is 1. The second-order valence-corrected chi connectivity index (χ2v) is 8.24. The van der Waals surface area contributed by atoms with Crippen LogP contribution in [0.1, 0.15) is 30.1 Å². The minimum atomic E-state index is -3.55. The number of rotatable bonds is 10. The summed E-state index contributed by atoms with van der Waals surface area (Å²) in [4.78, 5) is 23.2. The fourth-order valence-electron chi connectivity index (χ4n) is 2.44. The van der Waals surface area contributed by atoms with Gasteiger partial charge in [0, 0.05) is 19.3 Å². The third-order valence-corrected chi connectivity index (χ3v) is 5.95. The maximum atomic E-state index is 12.5. The Labute approximate surface area is 165 Å².